The summed E-state index contributed by atoms with van der Waals surface area (Å²) in [5, 5.41) is 18.1. The van der Waals surface area contributed by atoms with Crippen LogP contribution in [-0.2, 0) is 19.1 Å². The summed E-state index contributed by atoms with van der Waals surface area (Å²) in [7, 11) is 0. The van der Waals surface area contributed by atoms with Gasteiger partial charge in [-0.3, -0.25) is 9.59 Å². The summed E-state index contributed by atoms with van der Waals surface area (Å²) in [6.07, 6.45) is 20.0. The number of hydrogen-bond donors (Lipinski definition) is 5. The highest BCUT2D eigenvalue weighted by Crippen LogP contribution is 2.45. The van der Waals surface area contributed by atoms with Crippen molar-refractivity contribution in [3.63, 3.8) is 0 Å². The fourth-order valence-corrected chi connectivity index (χ4v) is 9.23. The maximum Gasteiger partial charge on any atom is 0.408 e. The Morgan fingerprint density at radius 3 is 2.08 bits per heavy atom. The lowest BCUT2D eigenvalue weighted by molar-refractivity contribution is -0.145. The van der Waals surface area contributed by atoms with Gasteiger partial charge in [0.2, 0.25) is 11.8 Å². The van der Waals surface area contributed by atoms with E-state index < -0.39 is 41.2 Å². The third kappa shape index (κ3) is 8.44. The second-order valence-corrected chi connectivity index (χ2v) is 16.7. The van der Waals surface area contributed by atoms with Crippen LogP contribution >= 0.6 is 0 Å². The molecule has 0 radical (unpaired) electrons. The molecule has 6 rings (SSSR count). The molecule has 0 aromatic carbocycles. The van der Waals surface area contributed by atoms with Gasteiger partial charge in [-0.05, 0) is 90.4 Å². The van der Waals surface area contributed by atoms with E-state index >= 15 is 0 Å². The third-order valence-corrected chi connectivity index (χ3v) is 12.0. The van der Waals surface area contributed by atoms with Crippen LogP contribution in [0.25, 0.3) is 0 Å². The number of amides is 3. The number of rotatable bonds is 5. The van der Waals surface area contributed by atoms with Gasteiger partial charge in [-0.25, -0.2) is 20.4 Å². The van der Waals surface area contributed by atoms with Crippen LogP contribution in [0.1, 0.15) is 130 Å². The Bertz CT molecular complexity index is 1220. The summed E-state index contributed by atoms with van der Waals surface area (Å²) in [4.78, 5) is 55.8. The van der Waals surface area contributed by atoms with Crippen LogP contribution in [0.4, 0.5) is 4.79 Å². The van der Waals surface area contributed by atoms with Crippen LogP contribution in [0.15, 0.2) is 12.2 Å². The predicted octanol–water partition coefficient (Wildman–Crippen LogP) is 4.55. The molecule has 3 aliphatic heterocycles. The van der Waals surface area contributed by atoms with Crippen LogP contribution in [0.5, 0.6) is 0 Å². The minimum atomic E-state index is -1.36. The highest BCUT2D eigenvalue weighted by atomic mass is 16.6. The van der Waals surface area contributed by atoms with Crippen molar-refractivity contribution >= 4 is 23.9 Å². The second kappa shape index (κ2) is 15.3. The average Bonchev–Trinajstić information content (AvgIpc) is 3.38. The summed E-state index contributed by atoms with van der Waals surface area (Å²) in [6, 6.07) is -1.37. The molecule has 7 atom stereocenters. The fraction of sp³-hybridized carbons (Fsp3) is 0.838. The van der Waals surface area contributed by atoms with Gasteiger partial charge >= 0.3 is 12.1 Å². The molecular formula is C37H60N6O6. The molecule has 3 aliphatic carbocycles. The van der Waals surface area contributed by atoms with Crippen molar-refractivity contribution in [3.05, 3.63) is 12.2 Å². The monoisotopic (exact) mass is 684 g/mol. The molecule has 3 saturated carbocycles. The Morgan fingerprint density at radius 1 is 0.898 bits per heavy atom. The topological polar surface area (TPSA) is 152 Å². The molecule has 3 heterocycles. The molecule has 0 aromatic heterocycles. The average molecular weight is 685 g/mol. The van der Waals surface area contributed by atoms with Crippen molar-refractivity contribution in [2.75, 3.05) is 6.54 Å². The first-order valence-corrected chi connectivity index (χ1v) is 19.3. The van der Waals surface area contributed by atoms with E-state index in [1.54, 1.807) is 25.7 Å². The molecule has 6 aliphatic rings. The van der Waals surface area contributed by atoms with Gasteiger partial charge < -0.3 is 25.4 Å². The van der Waals surface area contributed by atoms with Gasteiger partial charge in [0.25, 0.3) is 0 Å². The summed E-state index contributed by atoms with van der Waals surface area (Å²) in [5.74, 6) is -0.959. The molecule has 0 spiro atoms. The molecule has 0 aromatic rings. The molecule has 49 heavy (non-hydrogen) atoms. The number of fused-ring (bicyclic) bond motifs is 2. The summed E-state index contributed by atoms with van der Waals surface area (Å²) in [6.45, 7) is 5.63. The standard InChI is InChI=1S/C37H60N6O6/c1-36(2,3)49-35(48)38-28-20-14-6-4-5-13-19-26-22-37(26,34(46)47)39-32(44)29-21-27(23-42(29)33(28)45)43-40-30(24-15-9-7-10-16-24)31(41-43)25-17-11-8-12-18-25/h13,19,24-31,40-41H,4-12,14-18,20-23H2,1-3H3,(H,38,48)(H,39,44)(H,46,47)/b19-13-/t26-,27+,28+,29+,30?,31?,37-/m1/s1. The quantitative estimate of drug-likeness (QED) is 0.263. The zero-order chi connectivity index (χ0) is 34.8. The number of alkyl carbamates (subject to hydrolysis) is 1. The van der Waals surface area contributed by atoms with E-state index in [0.717, 1.165) is 25.7 Å². The molecule has 12 heteroatoms. The van der Waals surface area contributed by atoms with Crippen molar-refractivity contribution in [1.29, 1.82) is 0 Å². The maximum absolute atomic E-state index is 14.5. The zero-order valence-electron chi connectivity index (χ0n) is 29.9. The number of nitrogens with zero attached hydrogens (tertiary/aromatic N) is 2. The number of ether oxygens (including phenoxy) is 1. The number of carbonyl (C=O) groups excluding carboxylic acids is 3. The molecule has 0 bridgehead atoms. The highest BCUT2D eigenvalue weighted by molar-refractivity contribution is 5.96. The number of carbonyl (C=O) groups is 4. The first-order valence-electron chi connectivity index (χ1n) is 19.3. The minimum absolute atomic E-state index is 0.212. The van der Waals surface area contributed by atoms with Crippen molar-refractivity contribution in [3.8, 4) is 0 Å². The van der Waals surface area contributed by atoms with E-state index in [9.17, 15) is 24.3 Å². The van der Waals surface area contributed by atoms with E-state index in [-0.39, 0.29) is 24.4 Å². The molecule has 5 N–H and O–H groups in total. The Morgan fingerprint density at radius 2 is 1.49 bits per heavy atom. The van der Waals surface area contributed by atoms with E-state index in [2.05, 4.69) is 26.6 Å². The number of allylic oxidation sites excluding steroid dienone is 1. The van der Waals surface area contributed by atoms with Gasteiger partial charge in [0.1, 0.15) is 23.2 Å². The number of carboxylic acid groups (broad SMARTS) is 1. The molecular weight excluding hydrogens is 624 g/mol. The third-order valence-electron chi connectivity index (χ3n) is 12.0. The van der Waals surface area contributed by atoms with Crippen LogP contribution in [0, 0.1) is 17.8 Å². The van der Waals surface area contributed by atoms with Gasteiger partial charge in [0, 0.05) is 24.5 Å². The smallest absolute Gasteiger partial charge is 0.408 e. The Hall–Kier alpha value is -2.70. The molecule has 2 unspecified atom stereocenters. The van der Waals surface area contributed by atoms with Gasteiger partial charge in [0.15, 0.2) is 0 Å². The van der Waals surface area contributed by atoms with Gasteiger partial charge in [-0.1, -0.05) is 63.5 Å². The Labute approximate surface area is 291 Å². The van der Waals surface area contributed by atoms with Crippen LogP contribution < -0.4 is 21.5 Å². The molecule has 5 fully saturated rings. The largest absolute Gasteiger partial charge is 0.479 e. The predicted molar refractivity (Wildman–Crippen MR) is 185 cm³/mol. The lowest BCUT2D eigenvalue weighted by Crippen LogP contribution is -2.56. The molecule has 3 amide bonds. The lowest BCUT2D eigenvalue weighted by atomic mass is 9.75. The molecule has 12 nitrogen and oxygen atoms in total. The zero-order valence-corrected chi connectivity index (χ0v) is 29.9. The van der Waals surface area contributed by atoms with Crippen molar-refractivity contribution < 1.29 is 29.0 Å². The minimum Gasteiger partial charge on any atom is -0.479 e. The maximum atomic E-state index is 14.5. The number of hydrogen-bond acceptors (Lipinski definition) is 8. The summed E-state index contributed by atoms with van der Waals surface area (Å²) in [5.41, 5.74) is 5.62. The summed E-state index contributed by atoms with van der Waals surface area (Å²) >= 11 is 0. The van der Waals surface area contributed by atoms with Gasteiger partial charge in [0.05, 0.1) is 6.04 Å². The van der Waals surface area contributed by atoms with Crippen LogP contribution in [-0.4, -0.2) is 86.9 Å². The van der Waals surface area contributed by atoms with Crippen LogP contribution in [0.2, 0.25) is 0 Å². The normalized spacial score (nSPS) is 36.5. The number of aliphatic carboxylic acids is 1. The van der Waals surface area contributed by atoms with E-state index in [0.29, 0.717) is 43.2 Å². The number of carboxylic acids is 1. The van der Waals surface area contributed by atoms with Gasteiger partial charge in [-0.15, -0.1) is 0 Å². The van der Waals surface area contributed by atoms with E-state index in [1.165, 1.54) is 64.2 Å². The first-order chi connectivity index (χ1) is 23.4. The highest BCUT2D eigenvalue weighted by Gasteiger charge is 2.61. The molecule has 274 valence electrons. The van der Waals surface area contributed by atoms with E-state index in [1.807, 2.05) is 12.2 Å². The Kier molecular flexibility index (Phi) is 11.3. The number of nitrogens with one attached hydrogen (secondary N) is 4. The first kappa shape index (κ1) is 36.1. The van der Waals surface area contributed by atoms with Crippen molar-refractivity contribution in [2.24, 2.45) is 17.8 Å². The fourth-order valence-electron chi connectivity index (χ4n) is 9.23. The van der Waals surface area contributed by atoms with Gasteiger partial charge in [-0.2, -0.15) is 5.12 Å². The number of hydrazine groups is 2. The van der Waals surface area contributed by atoms with Crippen LogP contribution in [0.3, 0.4) is 0 Å². The lowest BCUT2D eigenvalue weighted by Gasteiger charge is -2.35. The second-order valence-electron chi connectivity index (χ2n) is 16.7. The van der Waals surface area contributed by atoms with Crippen molar-refractivity contribution in [2.45, 2.75) is 171 Å². The molecule has 2 saturated heterocycles. The SMILES string of the molecule is CC(C)(C)OC(=O)N[C@H]1CCCCC/C=C\[C@@H]2C[C@@]2(C(=O)O)NC(=O)[C@@H]2C[C@H](N3NC(C4CCCCC4)C(C4CCCCC4)N3)CN2C1=O. The Balaban J connectivity index is 1.26. The van der Waals surface area contributed by atoms with E-state index in [4.69, 9.17) is 4.74 Å². The van der Waals surface area contributed by atoms with Crippen molar-refractivity contribution in [1.82, 2.24) is 31.5 Å². The summed E-state index contributed by atoms with van der Waals surface area (Å²) < 4.78 is 5.54.